The molecule has 4 heteroatoms. The van der Waals surface area contributed by atoms with E-state index in [1.165, 1.54) is 25.7 Å². The number of nitrogens with one attached hydrogen (secondary N) is 1. The van der Waals surface area contributed by atoms with Gasteiger partial charge in [-0.2, -0.15) is 13.2 Å². The average Bonchev–Trinajstić information content (AvgIpc) is 2.63. The number of alkyl halides is 3. The van der Waals surface area contributed by atoms with Crippen molar-refractivity contribution in [3.63, 3.8) is 0 Å². The predicted molar refractivity (Wildman–Crippen MR) is 101 cm³/mol. The highest BCUT2D eigenvalue weighted by Crippen LogP contribution is 2.30. The van der Waals surface area contributed by atoms with Crippen LogP contribution in [0.15, 0.2) is 24.3 Å². The Labute approximate surface area is 155 Å². The molecule has 1 saturated carbocycles. The highest BCUT2D eigenvalue weighted by atomic mass is 19.4. The van der Waals surface area contributed by atoms with Gasteiger partial charge in [0.2, 0.25) is 0 Å². The smallest absolute Gasteiger partial charge is 0.297 e. The summed E-state index contributed by atoms with van der Waals surface area (Å²) < 4.78 is 38.0. The molecule has 1 N–H and O–H groups in total. The van der Waals surface area contributed by atoms with Gasteiger partial charge in [0.05, 0.1) is 11.1 Å². The van der Waals surface area contributed by atoms with Gasteiger partial charge in [0.25, 0.3) is 0 Å². The molecule has 1 fully saturated rings. The van der Waals surface area contributed by atoms with Crippen LogP contribution in [0.25, 0.3) is 0 Å². The van der Waals surface area contributed by atoms with Crippen molar-refractivity contribution in [2.75, 3.05) is 0 Å². The molecule has 0 saturated heterocycles. The van der Waals surface area contributed by atoms with Crippen LogP contribution in [0.3, 0.4) is 0 Å². The minimum absolute atomic E-state index is 0.175. The largest absolute Gasteiger partial charge is 0.416 e. The summed E-state index contributed by atoms with van der Waals surface area (Å²) in [5.41, 5.74) is 0.0966. The number of rotatable bonds is 7. The molecule has 0 unspecified atom stereocenters. The molecule has 0 atom stereocenters. The molecule has 1 nitrogen and oxygen atoms in total. The van der Waals surface area contributed by atoms with Gasteiger partial charge < -0.3 is 0 Å². The number of halogens is 3. The molecule has 0 heterocycles. The fourth-order valence-corrected chi connectivity index (χ4v) is 3.46. The van der Waals surface area contributed by atoms with E-state index in [-0.39, 0.29) is 5.54 Å². The minimum Gasteiger partial charge on any atom is -0.297 e. The number of hydrogen-bond donors (Lipinski definition) is 1. The monoisotopic (exact) mass is 365 g/mol. The van der Waals surface area contributed by atoms with E-state index in [4.69, 9.17) is 0 Å². The summed E-state index contributed by atoms with van der Waals surface area (Å²) in [4.78, 5) is 0. The third-order valence-electron chi connectivity index (χ3n) is 5.10. The van der Waals surface area contributed by atoms with Crippen molar-refractivity contribution in [3.8, 4) is 11.8 Å². The normalized spacial score (nSPS) is 16.8. The fraction of sp³-hybridized carbons (Fsp3) is 0.636. The lowest BCUT2D eigenvalue weighted by Crippen LogP contribution is -2.45. The summed E-state index contributed by atoms with van der Waals surface area (Å²) in [5.74, 6) is 6.84. The second-order valence-electron chi connectivity index (χ2n) is 7.30. The van der Waals surface area contributed by atoms with Crippen molar-refractivity contribution in [2.24, 2.45) is 0 Å². The second-order valence-corrected chi connectivity index (χ2v) is 7.30. The molecule has 0 spiro atoms. The van der Waals surface area contributed by atoms with Crippen LogP contribution < -0.4 is 5.32 Å². The maximum atomic E-state index is 12.7. The lowest BCUT2D eigenvalue weighted by molar-refractivity contribution is -0.137. The summed E-state index contributed by atoms with van der Waals surface area (Å²) >= 11 is 0. The molecule has 0 amide bonds. The van der Waals surface area contributed by atoms with E-state index in [0.29, 0.717) is 6.54 Å². The fourth-order valence-electron chi connectivity index (χ4n) is 3.46. The SMILES string of the molecule is CCCCCCC#CC1(NCc2ccc(C(F)(F)F)cc2)CCCCC1. The van der Waals surface area contributed by atoms with E-state index in [0.717, 1.165) is 56.2 Å². The van der Waals surface area contributed by atoms with Gasteiger partial charge in [-0.25, -0.2) is 0 Å². The first-order chi connectivity index (χ1) is 12.5. The first kappa shape index (κ1) is 20.8. The molecular formula is C22H30F3N. The van der Waals surface area contributed by atoms with Crippen LogP contribution in [0.2, 0.25) is 0 Å². The first-order valence-electron chi connectivity index (χ1n) is 9.86. The molecule has 1 aromatic carbocycles. The summed E-state index contributed by atoms with van der Waals surface area (Å²) in [6.07, 6.45) is 7.13. The maximum absolute atomic E-state index is 12.7. The Morgan fingerprint density at radius 3 is 2.31 bits per heavy atom. The molecular weight excluding hydrogens is 335 g/mol. The van der Waals surface area contributed by atoms with Crippen LogP contribution in [-0.2, 0) is 12.7 Å². The van der Waals surface area contributed by atoms with Crippen molar-refractivity contribution >= 4 is 0 Å². The second kappa shape index (κ2) is 10.0. The molecule has 144 valence electrons. The van der Waals surface area contributed by atoms with Crippen LogP contribution in [0.4, 0.5) is 13.2 Å². The minimum atomic E-state index is -4.28. The zero-order chi connectivity index (χ0) is 18.9. The van der Waals surface area contributed by atoms with Gasteiger partial charge in [0.15, 0.2) is 0 Å². The van der Waals surface area contributed by atoms with Gasteiger partial charge >= 0.3 is 6.18 Å². The van der Waals surface area contributed by atoms with E-state index in [9.17, 15) is 13.2 Å². The number of benzene rings is 1. The lowest BCUT2D eigenvalue weighted by Gasteiger charge is -2.34. The molecule has 2 rings (SSSR count). The standard InChI is InChI=1S/C22H30F3N/c1-2-3-4-5-6-8-15-21(16-9-7-10-17-21)26-18-19-11-13-20(14-12-19)22(23,24)25/h11-14,26H,2-7,9-10,16-18H2,1H3. The van der Waals surface area contributed by atoms with E-state index >= 15 is 0 Å². The van der Waals surface area contributed by atoms with Gasteiger partial charge in [0.1, 0.15) is 0 Å². The van der Waals surface area contributed by atoms with Crippen molar-refractivity contribution in [1.29, 1.82) is 0 Å². The zero-order valence-corrected chi connectivity index (χ0v) is 15.7. The van der Waals surface area contributed by atoms with Crippen molar-refractivity contribution in [1.82, 2.24) is 5.32 Å². The molecule has 0 bridgehead atoms. The topological polar surface area (TPSA) is 12.0 Å². The number of unbranched alkanes of at least 4 members (excludes halogenated alkanes) is 4. The predicted octanol–water partition coefficient (Wildman–Crippen LogP) is 6.47. The van der Waals surface area contributed by atoms with E-state index in [1.807, 2.05) is 0 Å². The van der Waals surface area contributed by atoms with Crippen LogP contribution in [0, 0.1) is 11.8 Å². The Hall–Kier alpha value is -1.47. The van der Waals surface area contributed by atoms with Crippen LogP contribution in [0.1, 0.15) is 82.3 Å². The van der Waals surface area contributed by atoms with E-state index < -0.39 is 11.7 Å². The summed E-state index contributed by atoms with van der Waals surface area (Å²) in [5, 5.41) is 3.56. The maximum Gasteiger partial charge on any atom is 0.416 e. The highest BCUT2D eigenvalue weighted by molar-refractivity contribution is 5.26. The van der Waals surface area contributed by atoms with Gasteiger partial charge in [-0.05, 0) is 37.0 Å². The Kier molecular flexibility index (Phi) is 8.03. The van der Waals surface area contributed by atoms with Gasteiger partial charge in [-0.3, -0.25) is 5.32 Å². The number of hydrogen-bond acceptors (Lipinski definition) is 1. The Balaban J connectivity index is 1.94. The van der Waals surface area contributed by atoms with Crippen LogP contribution >= 0.6 is 0 Å². The van der Waals surface area contributed by atoms with E-state index in [1.54, 1.807) is 12.1 Å². The lowest BCUT2D eigenvalue weighted by atomic mass is 9.82. The van der Waals surface area contributed by atoms with Gasteiger partial charge in [-0.1, -0.05) is 63.5 Å². The zero-order valence-electron chi connectivity index (χ0n) is 15.7. The summed E-state index contributed by atoms with van der Waals surface area (Å²) in [7, 11) is 0. The van der Waals surface area contributed by atoms with Gasteiger partial charge in [-0.15, -0.1) is 5.92 Å². The highest BCUT2D eigenvalue weighted by Gasteiger charge is 2.31. The Morgan fingerprint density at radius 2 is 1.69 bits per heavy atom. The summed E-state index contributed by atoms with van der Waals surface area (Å²) in [6.45, 7) is 2.76. The first-order valence-corrected chi connectivity index (χ1v) is 9.86. The Morgan fingerprint density at radius 1 is 1.00 bits per heavy atom. The van der Waals surface area contributed by atoms with Crippen LogP contribution in [-0.4, -0.2) is 5.54 Å². The molecule has 1 aliphatic rings. The Bertz CT molecular complexity index is 587. The van der Waals surface area contributed by atoms with Crippen molar-refractivity contribution < 1.29 is 13.2 Å². The molecule has 0 aliphatic heterocycles. The molecule has 1 aromatic rings. The third-order valence-corrected chi connectivity index (χ3v) is 5.10. The molecule has 1 aliphatic carbocycles. The van der Waals surface area contributed by atoms with Crippen molar-refractivity contribution in [2.45, 2.75) is 89.4 Å². The molecule has 0 radical (unpaired) electrons. The quantitative estimate of drug-likeness (QED) is 0.431. The summed E-state index contributed by atoms with van der Waals surface area (Å²) in [6, 6.07) is 5.43. The van der Waals surface area contributed by atoms with Crippen LogP contribution in [0.5, 0.6) is 0 Å². The van der Waals surface area contributed by atoms with E-state index in [2.05, 4.69) is 24.1 Å². The third kappa shape index (κ3) is 6.68. The van der Waals surface area contributed by atoms with Crippen molar-refractivity contribution in [3.05, 3.63) is 35.4 Å². The van der Waals surface area contributed by atoms with Gasteiger partial charge in [0, 0.05) is 13.0 Å². The average molecular weight is 365 g/mol. The molecule has 0 aromatic heterocycles. The molecule has 26 heavy (non-hydrogen) atoms.